The molecule has 1 aliphatic heterocycles. The van der Waals surface area contributed by atoms with E-state index in [2.05, 4.69) is 81.9 Å². The maximum Gasteiger partial charge on any atom is 0.227 e. The monoisotopic (exact) mass is 541 g/mol. The quantitative estimate of drug-likeness (QED) is 0.280. The number of nitrogens with one attached hydrogen (secondary N) is 2. The van der Waals surface area contributed by atoms with E-state index in [1.807, 2.05) is 44.2 Å². The van der Waals surface area contributed by atoms with Gasteiger partial charge in [-0.05, 0) is 82.2 Å². The molecule has 2 heterocycles. The summed E-state index contributed by atoms with van der Waals surface area (Å²) in [6.45, 7) is 6.26. The van der Waals surface area contributed by atoms with Crippen LogP contribution in [0.5, 0.6) is 5.75 Å². The molecule has 1 aliphatic carbocycles. The van der Waals surface area contributed by atoms with Crippen LogP contribution in [0.3, 0.4) is 0 Å². The van der Waals surface area contributed by atoms with Crippen LogP contribution >= 0.6 is 0 Å². The van der Waals surface area contributed by atoms with Crippen molar-refractivity contribution in [1.29, 1.82) is 0 Å². The van der Waals surface area contributed by atoms with Crippen molar-refractivity contribution in [1.82, 2.24) is 15.1 Å². The Morgan fingerprint density at radius 3 is 2.17 bits per heavy atom. The van der Waals surface area contributed by atoms with Crippen LogP contribution in [0, 0.1) is 5.92 Å². The fourth-order valence-electron chi connectivity index (χ4n) is 4.92. The van der Waals surface area contributed by atoms with Crippen molar-refractivity contribution < 1.29 is 9.53 Å². The zero-order valence-electron chi connectivity index (χ0n) is 24.5. The van der Waals surface area contributed by atoms with Gasteiger partial charge in [-0.2, -0.15) is 5.10 Å². The number of benzene rings is 3. The van der Waals surface area contributed by atoms with Crippen molar-refractivity contribution >= 4 is 28.2 Å². The van der Waals surface area contributed by atoms with Gasteiger partial charge in [0.1, 0.15) is 5.75 Å². The summed E-state index contributed by atoms with van der Waals surface area (Å²) >= 11 is 0. The van der Waals surface area contributed by atoms with Crippen molar-refractivity contribution in [3.63, 3.8) is 0 Å². The molecule has 6 rings (SSSR count). The van der Waals surface area contributed by atoms with Crippen LogP contribution in [-0.2, 0) is 4.79 Å². The summed E-state index contributed by atoms with van der Waals surface area (Å²) in [7, 11) is 5.99. The summed E-state index contributed by atoms with van der Waals surface area (Å²) in [6, 6.07) is 25.2. The average molecular weight is 542 g/mol. The molecular weight excluding hydrogens is 498 g/mol. The van der Waals surface area contributed by atoms with Gasteiger partial charge in [0.15, 0.2) is 0 Å². The lowest BCUT2D eigenvalue weighted by Crippen LogP contribution is -2.41. The molecule has 0 unspecified atom stereocenters. The minimum atomic E-state index is 0.134. The van der Waals surface area contributed by atoms with E-state index in [0.717, 1.165) is 54.6 Å². The van der Waals surface area contributed by atoms with Gasteiger partial charge in [-0.3, -0.25) is 9.89 Å². The first-order valence-corrected chi connectivity index (χ1v) is 14.4. The van der Waals surface area contributed by atoms with Crippen molar-refractivity contribution in [2.24, 2.45) is 5.92 Å². The summed E-state index contributed by atoms with van der Waals surface area (Å²) in [5.41, 5.74) is 5.43. The number of carbonyl (C=O) groups excluding carboxylic acids is 1. The fraction of sp³-hybridized carbons (Fsp3) is 0.394. The SMILES string of the molecule is CC.CN(C)C1CCN(c2ccc(-c3n[nH]c4ccccc34)cc2)CC1.COc1ccc(NC(=O)C2CC2)cc1. The van der Waals surface area contributed by atoms with Gasteiger partial charge < -0.3 is 19.9 Å². The van der Waals surface area contributed by atoms with Gasteiger partial charge in [0, 0.05) is 47.4 Å². The molecule has 0 atom stereocenters. The van der Waals surface area contributed by atoms with E-state index in [1.54, 1.807) is 7.11 Å². The number of methoxy groups -OCH3 is 1. The Labute approximate surface area is 238 Å². The van der Waals surface area contributed by atoms with Gasteiger partial charge in [-0.25, -0.2) is 0 Å². The number of nitrogens with zero attached hydrogens (tertiary/aromatic N) is 3. The maximum atomic E-state index is 11.4. The molecule has 7 nitrogen and oxygen atoms in total. The second kappa shape index (κ2) is 14.0. The molecule has 3 aromatic carbocycles. The normalized spacial score (nSPS) is 15.1. The first kappa shape index (κ1) is 29.2. The third-order valence-corrected chi connectivity index (χ3v) is 7.48. The Hall–Kier alpha value is -3.84. The Morgan fingerprint density at radius 2 is 1.57 bits per heavy atom. The smallest absolute Gasteiger partial charge is 0.227 e. The highest BCUT2D eigenvalue weighted by Crippen LogP contribution is 2.31. The van der Waals surface area contributed by atoms with Gasteiger partial charge in [-0.15, -0.1) is 0 Å². The fourth-order valence-corrected chi connectivity index (χ4v) is 4.92. The summed E-state index contributed by atoms with van der Waals surface area (Å²) in [5, 5.41) is 11.6. The first-order valence-electron chi connectivity index (χ1n) is 14.4. The molecule has 1 saturated heterocycles. The van der Waals surface area contributed by atoms with E-state index >= 15 is 0 Å². The largest absolute Gasteiger partial charge is 0.497 e. The lowest BCUT2D eigenvalue weighted by molar-refractivity contribution is -0.117. The topological polar surface area (TPSA) is 73.5 Å². The van der Waals surface area contributed by atoms with Crippen molar-refractivity contribution in [3.05, 3.63) is 72.8 Å². The Bertz CT molecular complexity index is 1340. The van der Waals surface area contributed by atoms with E-state index < -0.39 is 0 Å². The molecule has 40 heavy (non-hydrogen) atoms. The number of carbonyl (C=O) groups is 1. The number of H-pyrrole nitrogens is 1. The van der Waals surface area contributed by atoms with E-state index in [1.165, 1.54) is 29.5 Å². The summed E-state index contributed by atoms with van der Waals surface area (Å²) in [6.07, 6.45) is 4.53. The van der Waals surface area contributed by atoms with Gasteiger partial charge in [0.2, 0.25) is 5.91 Å². The van der Waals surface area contributed by atoms with Gasteiger partial charge >= 0.3 is 0 Å². The molecule has 7 heteroatoms. The summed E-state index contributed by atoms with van der Waals surface area (Å²) < 4.78 is 5.02. The predicted octanol–water partition coefficient (Wildman–Crippen LogP) is 6.83. The highest BCUT2D eigenvalue weighted by Gasteiger charge is 2.29. The van der Waals surface area contributed by atoms with Crippen LogP contribution in [-0.4, -0.2) is 61.3 Å². The van der Waals surface area contributed by atoms with E-state index in [4.69, 9.17) is 4.74 Å². The Balaban J connectivity index is 0.000000197. The molecule has 0 bridgehead atoms. The first-order chi connectivity index (χ1) is 19.5. The number of hydrogen-bond donors (Lipinski definition) is 2. The Kier molecular flexibility index (Phi) is 10.2. The van der Waals surface area contributed by atoms with Crippen LogP contribution in [0.4, 0.5) is 11.4 Å². The standard InChI is InChI=1S/C20H24N4.C11H13NO2.C2H6/c1-23(2)16-11-13-24(14-12-16)17-9-7-15(8-10-17)20-18-5-3-4-6-19(18)21-22-20;1-14-10-6-4-9(5-7-10)12-11(13)8-2-3-8;1-2/h3-10,16H,11-14H2,1-2H3,(H,21,22);4-8H,2-3H2,1H3,(H,12,13);1-2H3. The number of anilines is 2. The number of hydrogen-bond acceptors (Lipinski definition) is 5. The average Bonchev–Trinajstić information content (AvgIpc) is 3.78. The van der Waals surface area contributed by atoms with E-state index in [9.17, 15) is 4.79 Å². The molecule has 1 amide bonds. The molecule has 2 fully saturated rings. The Morgan fingerprint density at radius 1 is 0.925 bits per heavy atom. The number of piperidine rings is 1. The molecule has 2 aliphatic rings. The van der Waals surface area contributed by atoms with Crippen LogP contribution in [0.25, 0.3) is 22.2 Å². The highest BCUT2D eigenvalue weighted by atomic mass is 16.5. The zero-order chi connectivity index (χ0) is 28.5. The molecule has 1 aromatic heterocycles. The van der Waals surface area contributed by atoms with E-state index in [-0.39, 0.29) is 11.8 Å². The third-order valence-electron chi connectivity index (χ3n) is 7.48. The number of para-hydroxylation sites is 1. The number of rotatable bonds is 6. The van der Waals surface area contributed by atoms with Crippen LogP contribution in [0.15, 0.2) is 72.8 Å². The molecule has 0 radical (unpaired) electrons. The number of ether oxygens (including phenoxy) is 1. The lowest BCUT2D eigenvalue weighted by Gasteiger charge is -2.36. The minimum Gasteiger partial charge on any atom is -0.497 e. The predicted molar refractivity (Wildman–Crippen MR) is 166 cm³/mol. The number of amides is 1. The molecule has 1 saturated carbocycles. The number of fused-ring (bicyclic) bond motifs is 1. The minimum absolute atomic E-state index is 0.134. The van der Waals surface area contributed by atoms with Crippen molar-refractivity contribution in [2.45, 2.75) is 45.6 Å². The molecule has 0 spiro atoms. The third kappa shape index (κ3) is 7.42. The summed E-state index contributed by atoms with van der Waals surface area (Å²) in [4.78, 5) is 16.2. The van der Waals surface area contributed by atoms with Crippen molar-refractivity contribution in [2.75, 3.05) is 44.5 Å². The lowest BCUT2D eigenvalue weighted by atomic mass is 10.0. The number of aromatic amines is 1. The van der Waals surface area contributed by atoms with Gasteiger partial charge in [0.05, 0.1) is 18.3 Å². The van der Waals surface area contributed by atoms with Gasteiger partial charge in [-0.1, -0.05) is 44.2 Å². The van der Waals surface area contributed by atoms with Crippen molar-refractivity contribution in [3.8, 4) is 17.0 Å². The highest BCUT2D eigenvalue weighted by molar-refractivity contribution is 5.94. The van der Waals surface area contributed by atoms with E-state index in [0.29, 0.717) is 0 Å². The van der Waals surface area contributed by atoms with Crippen LogP contribution in [0.2, 0.25) is 0 Å². The molecule has 212 valence electrons. The molecule has 2 N–H and O–H groups in total. The van der Waals surface area contributed by atoms with Gasteiger partial charge in [0.25, 0.3) is 0 Å². The second-order valence-electron chi connectivity index (χ2n) is 10.3. The van der Waals surface area contributed by atoms with Crippen LogP contribution in [0.1, 0.15) is 39.5 Å². The number of aromatic nitrogens is 2. The second-order valence-corrected chi connectivity index (χ2v) is 10.3. The molecule has 4 aromatic rings. The molecular formula is C33H43N5O2. The maximum absolute atomic E-state index is 11.4. The summed E-state index contributed by atoms with van der Waals surface area (Å²) in [5.74, 6) is 1.18. The van der Waals surface area contributed by atoms with Crippen LogP contribution < -0.4 is 15.0 Å². The zero-order valence-corrected chi connectivity index (χ0v) is 24.5.